The fraction of sp³-hybridized carbons (Fsp3) is 0.597. The van der Waals surface area contributed by atoms with Crippen LogP contribution in [0, 0.1) is 0 Å². The second kappa shape index (κ2) is 64.6. The lowest BCUT2D eigenvalue weighted by molar-refractivity contribution is -0.167. The van der Waals surface area contributed by atoms with Crippen molar-refractivity contribution in [2.45, 2.75) is 264 Å². The van der Waals surface area contributed by atoms with Crippen LogP contribution in [0.4, 0.5) is 0 Å². The van der Waals surface area contributed by atoms with Gasteiger partial charge in [0.1, 0.15) is 13.2 Å². The van der Waals surface area contributed by atoms with Crippen LogP contribution in [0.2, 0.25) is 0 Å². The molecule has 0 aromatic rings. The van der Waals surface area contributed by atoms with Gasteiger partial charge in [-0.2, -0.15) is 0 Å². The summed E-state index contributed by atoms with van der Waals surface area (Å²) < 4.78 is 16.8. The number of hydrogen-bond acceptors (Lipinski definition) is 6. The summed E-state index contributed by atoms with van der Waals surface area (Å²) in [5.74, 6) is -0.955. The maximum Gasteiger partial charge on any atom is 0.306 e. The molecule has 0 aromatic heterocycles. The highest BCUT2D eigenvalue weighted by Gasteiger charge is 2.19. The predicted molar refractivity (Wildman–Crippen MR) is 338 cm³/mol. The molecule has 0 radical (unpaired) electrons. The van der Waals surface area contributed by atoms with Crippen LogP contribution in [0.25, 0.3) is 0 Å². The van der Waals surface area contributed by atoms with Gasteiger partial charge in [-0.3, -0.25) is 14.4 Å². The van der Waals surface area contributed by atoms with E-state index >= 15 is 0 Å². The van der Waals surface area contributed by atoms with Crippen molar-refractivity contribution in [3.63, 3.8) is 0 Å². The first-order valence-corrected chi connectivity index (χ1v) is 31.5. The average molecular weight is 1080 g/mol. The van der Waals surface area contributed by atoms with Gasteiger partial charge in [0.25, 0.3) is 0 Å². The minimum absolute atomic E-state index is 0.103. The molecular weight excluding hydrogens is 961 g/mol. The third kappa shape index (κ3) is 61.9. The van der Waals surface area contributed by atoms with E-state index in [1.807, 2.05) is 0 Å². The number of carbonyl (C=O) groups is 3. The van der Waals surface area contributed by atoms with Crippen molar-refractivity contribution in [2.75, 3.05) is 13.2 Å². The molecule has 0 saturated heterocycles. The molecule has 6 nitrogen and oxygen atoms in total. The smallest absolute Gasteiger partial charge is 0.306 e. The van der Waals surface area contributed by atoms with Gasteiger partial charge in [-0.05, 0) is 148 Å². The molecule has 0 heterocycles. The van der Waals surface area contributed by atoms with Crippen LogP contribution in [0.1, 0.15) is 258 Å². The Balaban J connectivity index is 4.37. The zero-order valence-electron chi connectivity index (χ0n) is 50.1. The normalized spacial score (nSPS) is 13.2. The molecule has 78 heavy (non-hydrogen) atoms. The Hall–Kier alpha value is -4.97. The number of allylic oxidation sites excluding steroid dienone is 26. The van der Waals surface area contributed by atoms with Gasteiger partial charge in [-0.15, -0.1) is 0 Å². The minimum Gasteiger partial charge on any atom is -0.462 e. The summed E-state index contributed by atoms with van der Waals surface area (Å²) in [4.78, 5) is 38.2. The Bertz CT molecular complexity index is 1760. The first-order chi connectivity index (χ1) is 38.5. The number of rotatable bonds is 55. The van der Waals surface area contributed by atoms with Crippen LogP contribution in [0.15, 0.2) is 158 Å². The standard InChI is InChI=1S/C72H114O6/c1-4-7-10-13-16-19-22-25-27-29-30-31-32-33-34-35-36-37-38-39-40-41-42-44-45-47-50-53-56-59-62-65-71(74)77-68-69(67-76-70(73)64-61-58-55-52-49-24-21-18-15-12-9-6-3)78-72(75)66-63-60-57-54-51-48-46-43-28-26-23-20-17-14-11-8-5-2/h7-8,10-11,16-21,25-28,30-31,33-34,36-37,39-40,42,44,46,48,69H,4-6,9,12-15,22-24,29,32,35,38,41,43,45,47,49-68H2,1-3H3/b10-7-,11-8-,19-16-,20-17-,21-18-,27-25-,28-26-,31-30-,34-33-,37-36-,40-39-,44-42-,48-46-. The van der Waals surface area contributed by atoms with Gasteiger partial charge >= 0.3 is 17.9 Å². The third-order valence-corrected chi connectivity index (χ3v) is 12.7. The number of ether oxygens (including phenoxy) is 3. The molecule has 0 N–H and O–H groups in total. The molecule has 0 saturated carbocycles. The van der Waals surface area contributed by atoms with Gasteiger partial charge < -0.3 is 14.2 Å². The third-order valence-electron chi connectivity index (χ3n) is 12.7. The maximum absolute atomic E-state index is 12.9. The first kappa shape index (κ1) is 73.0. The number of hydrogen-bond donors (Lipinski definition) is 0. The number of unbranched alkanes of at least 4 members (excludes halogenated alkanes) is 18. The van der Waals surface area contributed by atoms with Crippen molar-refractivity contribution in [2.24, 2.45) is 0 Å². The summed E-state index contributed by atoms with van der Waals surface area (Å²) in [5.41, 5.74) is 0. The van der Waals surface area contributed by atoms with Crippen LogP contribution in [-0.2, 0) is 28.6 Å². The van der Waals surface area contributed by atoms with E-state index in [9.17, 15) is 14.4 Å². The molecule has 0 fully saturated rings. The monoisotopic (exact) mass is 1070 g/mol. The summed E-state index contributed by atoms with van der Waals surface area (Å²) in [6.07, 6.45) is 93.9. The average Bonchev–Trinajstić information content (AvgIpc) is 3.44. The highest BCUT2D eigenvalue weighted by molar-refractivity contribution is 5.71. The second-order valence-corrected chi connectivity index (χ2v) is 20.2. The summed E-state index contributed by atoms with van der Waals surface area (Å²) in [6.45, 7) is 6.34. The van der Waals surface area contributed by atoms with E-state index in [-0.39, 0.29) is 37.5 Å². The van der Waals surface area contributed by atoms with Crippen LogP contribution >= 0.6 is 0 Å². The molecule has 0 rings (SSSR count). The van der Waals surface area contributed by atoms with Crippen LogP contribution < -0.4 is 0 Å². The Morgan fingerprint density at radius 1 is 0.269 bits per heavy atom. The van der Waals surface area contributed by atoms with Crippen molar-refractivity contribution < 1.29 is 28.6 Å². The summed E-state index contributed by atoms with van der Waals surface area (Å²) in [5, 5.41) is 0. The molecule has 0 aromatic carbocycles. The van der Waals surface area contributed by atoms with E-state index < -0.39 is 6.10 Å². The lowest BCUT2D eigenvalue weighted by Crippen LogP contribution is -2.30. The van der Waals surface area contributed by atoms with Crippen molar-refractivity contribution in [1.29, 1.82) is 0 Å². The Morgan fingerprint density at radius 3 is 0.795 bits per heavy atom. The van der Waals surface area contributed by atoms with Gasteiger partial charge in [0, 0.05) is 19.3 Å². The summed E-state index contributed by atoms with van der Waals surface area (Å²) in [7, 11) is 0. The molecule has 0 bridgehead atoms. The molecule has 0 aliphatic heterocycles. The van der Waals surface area contributed by atoms with E-state index in [1.165, 1.54) is 44.9 Å². The number of esters is 3. The molecule has 0 amide bonds. The predicted octanol–water partition coefficient (Wildman–Crippen LogP) is 21.7. The second-order valence-electron chi connectivity index (χ2n) is 20.2. The molecule has 0 aliphatic carbocycles. The fourth-order valence-corrected chi connectivity index (χ4v) is 8.09. The summed E-state index contributed by atoms with van der Waals surface area (Å²) >= 11 is 0. The van der Waals surface area contributed by atoms with E-state index in [4.69, 9.17) is 14.2 Å². The van der Waals surface area contributed by atoms with Gasteiger partial charge in [0.05, 0.1) is 0 Å². The van der Waals surface area contributed by atoms with Crippen molar-refractivity contribution in [3.05, 3.63) is 158 Å². The van der Waals surface area contributed by atoms with Crippen LogP contribution in [0.5, 0.6) is 0 Å². The molecule has 438 valence electrons. The maximum atomic E-state index is 12.9. The highest BCUT2D eigenvalue weighted by atomic mass is 16.6. The zero-order chi connectivity index (χ0) is 56.4. The molecule has 0 spiro atoms. The van der Waals surface area contributed by atoms with E-state index in [2.05, 4.69) is 179 Å². The lowest BCUT2D eigenvalue weighted by Gasteiger charge is -2.18. The van der Waals surface area contributed by atoms with Crippen LogP contribution in [-0.4, -0.2) is 37.2 Å². The first-order valence-electron chi connectivity index (χ1n) is 31.5. The van der Waals surface area contributed by atoms with Crippen LogP contribution in [0.3, 0.4) is 0 Å². The van der Waals surface area contributed by atoms with Gasteiger partial charge in [0.2, 0.25) is 0 Å². The van der Waals surface area contributed by atoms with E-state index in [0.717, 1.165) is 173 Å². The highest BCUT2D eigenvalue weighted by Crippen LogP contribution is 2.14. The largest absolute Gasteiger partial charge is 0.462 e. The summed E-state index contributed by atoms with van der Waals surface area (Å²) in [6, 6.07) is 0. The van der Waals surface area contributed by atoms with Crippen molar-refractivity contribution in [3.8, 4) is 0 Å². The molecule has 0 aliphatic rings. The molecule has 1 atom stereocenters. The SMILES string of the molecule is CC/C=C\C/C=C\C/C=C\C/C=C\C/C=C\C/C=C\C/C=C\C/C=C\CCCCCCCCC(=O)OCC(COC(=O)CCCCCCC/C=C\CCCCC)OC(=O)CCCCCC/C=C\C/C=C\C/C=C\C/C=C\CC. The topological polar surface area (TPSA) is 78.9 Å². The molecular formula is C72H114O6. The van der Waals surface area contributed by atoms with Gasteiger partial charge in [-0.25, -0.2) is 0 Å². The van der Waals surface area contributed by atoms with Gasteiger partial charge in [0.15, 0.2) is 6.10 Å². The lowest BCUT2D eigenvalue weighted by atomic mass is 10.1. The number of carbonyl (C=O) groups excluding carboxylic acids is 3. The van der Waals surface area contributed by atoms with Crippen molar-refractivity contribution in [1.82, 2.24) is 0 Å². The molecule has 6 heteroatoms. The zero-order valence-corrected chi connectivity index (χ0v) is 50.1. The van der Waals surface area contributed by atoms with E-state index in [1.54, 1.807) is 0 Å². The van der Waals surface area contributed by atoms with Gasteiger partial charge in [-0.1, -0.05) is 249 Å². The Morgan fingerprint density at radius 2 is 0.500 bits per heavy atom. The minimum atomic E-state index is -0.808. The van der Waals surface area contributed by atoms with Crippen molar-refractivity contribution >= 4 is 17.9 Å². The van der Waals surface area contributed by atoms with E-state index in [0.29, 0.717) is 12.8 Å². The molecule has 1 unspecified atom stereocenters. The quantitative estimate of drug-likeness (QED) is 0.0261. The fourth-order valence-electron chi connectivity index (χ4n) is 8.09. The Kier molecular flexibility index (Phi) is 60.4. The Labute approximate surface area is 480 Å².